The van der Waals surface area contributed by atoms with Crippen LogP contribution in [-0.2, 0) is 27.4 Å². The standard InChI is InChI=1S/C20H22N2O6/c1-28-20(27)15-9-7-14(8-10-15)12-22-19(26)17(24)16(23)18(25)21-11-13-5-3-2-4-6-13/h2-10,16-17,23-24H,11-12H2,1H3,(H,21,25)(H,22,26)/t16-,17-/m1/s1. The SMILES string of the molecule is COC(=O)c1ccc(CNC(=O)[C@H](O)[C@@H](O)C(=O)NCc2ccccc2)cc1. The average molecular weight is 386 g/mol. The van der Waals surface area contributed by atoms with Gasteiger partial charge in [-0.25, -0.2) is 4.79 Å². The van der Waals surface area contributed by atoms with Crippen molar-refractivity contribution in [2.75, 3.05) is 7.11 Å². The Morgan fingerprint density at radius 1 is 0.821 bits per heavy atom. The van der Waals surface area contributed by atoms with Gasteiger partial charge in [0.1, 0.15) is 0 Å². The minimum Gasteiger partial charge on any atom is -0.465 e. The molecule has 0 spiro atoms. The predicted molar refractivity (Wildman–Crippen MR) is 99.9 cm³/mol. The number of carbonyl (C=O) groups is 3. The Balaban J connectivity index is 1.82. The summed E-state index contributed by atoms with van der Waals surface area (Å²) in [5.74, 6) is -2.22. The molecule has 0 bridgehead atoms. The molecule has 2 aromatic carbocycles. The summed E-state index contributed by atoms with van der Waals surface area (Å²) in [6.45, 7) is 0.216. The fourth-order valence-electron chi connectivity index (χ4n) is 2.35. The number of nitrogens with one attached hydrogen (secondary N) is 2. The Morgan fingerprint density at radius 3 is 1.75 bits per heavy atom. The molecule has 2 amide bonds. The van der Waals surface area contributed by atoms with E-state index in [-0.39, 0.29) is 13.1 Å². The van der Waals surface area contributed by atoms with Crippen LogP contribution in [0.5, 0.6) is 0 Å². The average Bonchev–Trinajstić information content (AvgIpc) is 2.75. The van der Waals surface area contributed by atoms with Crippen molar-refractivity contribution in [1.29, 1.82) is 0 Å². The molecule has 0 aliphatic carbocycles. The van der Waals surface area contributed by atoms with Crippen molar-refractivity contribution in [3.8, 4) is 0 Å². The monoisotopic (exact) mass is 386 g/mol. The number of aliphatic hydroxyl groups excluding tert-OH is 2. The minimum absolute atomic E-state index is 0.0513. The summed E-state index contributed by atoms with van der Waals surface area (Å²) < 4.78 is 4.60. The summed E-state index contributed by atoms with van der Waals surface area (Å²) in [6, 6.07) is 15.3. The number of amides is 2. The van der Waals surface area contributed by atoms with Crippen LogP contribution >= 0.6 is 0 Å². The molecule has 0 aromatic heterocycles. The van der Waals surface area contributed by atoms with Gasteiger partial charge in [-0.15, -0.1) is 0 Å². The largest absolute Gasteiger partial charge is 0.465 e. The lowest BCUT2D eigenvalue weighted by atomic mass is 10.1. The zero-order valence-corrected chi connectivity index (χ0v) is 15.3. The lowest BCUT2D eigenvalue weighted by Crippen LogP contribution is -2.49. The number of hydrogen-bond acceptors (Lipinski definition) is 6. The number of esters is 1. The fraction of sp³-hybridized carbons (Fsp3) is 0.250. The van der Waals surface area contributed by atoms with Crippen molar-refractivity contribution in [3.63, 3.8) is 0 Å². The number of methoxy groups -OCH3 is 1. The van der Waals surface area contributed by atoms with Crippen LogP contribution in [0.15, 0.2) is 54.6 Å². The second kappa shape index (κ2) is 10.2. The molecule has 0 fully saturated rings. The molecular formula is C20H22N2O6. The molecule has 2 rings (SSSR count). The minimum atomic E-state index is -1.91. The quantitative estimate of drug-likeness (QED) is 0.478. The van der Waals surface area contributed by atoms with Gasteiger partial charge in [0.25, 0.3) is 11.8 Å². The maximum absolute atomic E-state index is 12.0. The van der Waals surface area contributed by atoms with E-state index >= 15 is 0 Å². The molecule has 8 heteroatoms. The maximum atomic E-state index is 12.0. The molecule has 0 aliphatic rings. The van der Waals surface area contributed by atoms with Crippen LogP contribution in [0, 0.1) is 0 Å². The number of aliphatic hydroxyl groups is 2. The maximum Gasteiger partial charge on any atom is 0.337 e. The summed E-state index contributed by atoms with van der Waals surface area (Å²) in [7, 11) is 1.28. The molecule has 0 radical (unpaired) electrons. The van der Waals surface area contributed by atoms with E-state index in [2.05, 4.69) is 15.4 Å². The first-order valence-corrected chi connectivity index (χ1v) is 8.55. The van der Waals surface area contributed by atoms with Crippen LogP contribution in [0.2, 0.25) is 0 Å². The summed E-state index contributed by atoms with van der Waals surface area (Å²) in [4.78, 5) is 35.3. The van der Waals surface area contributed by atoms with Gasteiger partial charge in [0.2, 0.25) is 0 Å². The highest BCUT2D eigenvalue weighted by Crippen LogP contribution is 2.06. The Bertz CT molecular complexity index is 807. The second-order valence-corrected chi connectivity index (χ2v) is 6.00. The molecule has 0 saturated heterocycles. The van der Waals surface area contributed by atoms with Crippen LogP contribution in [-0.4, -0.2) is 47.3 Å². The van der Waals surface area contributed by atoms with Gasteiger partial charge in [-0.1, -0.05) is 42.5 Å². The van der Waals surface area contributed by atoms with E-state index in [0.717, 1.165) is 5.56 Å². The third-order valence-electron chi connectivity index (χ3n) is 3.99. The van der Waals surface area contributed by atoms with Crippen LogP contribution in [0.4, 0.5) is 0 Å². The normalized spacial score (nSPS) is 12.5. The lowest BCUT2D eigenvalue weighted by Gasteiger charge is -2.17. The number of rotatable bonds is 8. The van der Waals surface area contributed by atoms with E-state index in [0.29, 0.717) is 11.1 Å². The van der Waals surface area contributed by atoms with E-state index in [1.165, 1.54) is 19.2 Å². The second-order valence-electron chi connectivity index (χ2n) is 6.00. The van der Waals surface area contributed by atoms with Crippen LogP contribution in [0.3, 0.4) is 0 Å². The van der Waals surface area contributed by atoms with Gasteiger partial charge in [-0.2, -0.15) is 0 Å². The van der Waals surface area contributed by atoms with Gasteiger partial charge in [0.05, 0.1) is 12.7 Å². The molecule has 0 unspecified atom stereocenters. The molecule has 4 N–H and O–H groups in total. The zero-order chi connectivity index (χ0) is 20.5. The highest BCUT2D eigenvalue weighted by molar-refractivity contribution is 5.91. The van der Waals surface area contributed by atoms with Crippen molar-refractivity contribution in [1.82, 2.24) is 10.6 Å². The van der Waals surface area contributed by atoms with Gasteiger partial charge in [0.15, 0.2) is 12.2 Å². The summed E-state index contributed by atoms with van der Waals surface area (Å²) >= 11 is 0. The fourth-order valence-corrected chi connectivity index (χ4v) is 2.35. The Morgan fingerprint density at radius 2 is 1.29 bits per heavy atom. The topological polar surface area (TPSA) is 125 Å². The third kappa shape index (κ3) is 5.90. The number of ether oxygens (including phenoxy) is 1. The molecule has 2 atom stereocenters. The van der Waals surface area contributed by atoms with Gasteiger partial charge in [-0.3, -0.25) is 9.59 Å². The van der Waals surface area contributed by atoms with Gasteiger partial charge in [0, 0.05) is 13.1 Å². The molecule has 0 aliphatic heterocycles. The van der Waals surface area contributed by atoms with Crippen molar-refractivity contribution in [2.24, 2.45) is 0 Å². The number of benzene rings is 2. The van der Waals surface area contributed by atoms with E-state index in [4.69, 9.17) is 0 Å². The highest BCUT2D eigenvalue weighted by Gasteiger charge is 2.29. The molecule has 2 aromatic rings. The summed E-state index contributed by atoms with van der Waals surface area (Å²) in [6.07, 6.45) is -3.81. The highest BCUT2D eigenvalue weighted by atomic mass is 16.5. The predicted octanol–water partition coefficient (Wildman–Crippen LogP) is 0.128. The van der Waals surface area contributed by atoms with Crippen LogP contribution in [0.1, 0.15) is 21.5 Å². The first-order chi connectivity index (χ1) is 13.4. The molecular weight excluding hydrogens is 364 g/mol. The van der Waals surface area contributed by atoms with Crippen molar-refractivity contribution >= 4 is 17.8 Å². The molecule has 8 nitrogen and oxygen atoms in total. The van der Waals surface area contributed by atoms with Crippen LogP contribution in [0.25, 0.3) is 0 Å². The molecule has 28 heavy (non-hydrogen) atoms. The lowest BCUT2D eigenvalue weighted by molar-refractivity contribution is -0.146. The summed E-state index contributed by atoms with van der Waals surface area (Å²) in [5, 5.41) is 24.7. The van der Waals surface area contributed by atoms with Crippen molar-refractivity contribution < 1.29 is 29.3 Å². The zero-order valence-electron chi connectivity index (χ0n) is 15.3. The number of carbonyl (C=O) groups excluding carboxylic acids is 3. The van der Waals surface area contributed by atoms with E-state index in [9.17, 15) is 24.6 Å². The third-order valence-corrected chi connectivity index (χ3v) is 3.99. The van der Waals surface area contributed by atoms with Gasteiger partial charge >= 0.3 is 5.97 Å². The Kier molecular flexibility index (Phi) is 7.67. The van der Waals surface area contributed by atoms with E-state index in [1.807, 2.05) is 6.07 Å². The van der Waals surface area contributed by atoms with Crippen molar-refractivity contribution in [2.45, 2.75) is 25.3 Å². The number of hydrogen-bond donors (Lipinski definition) is 4. The molecule has 0 heterocycles. The van der Waals surface area contributed by atoms with Crippen molar-refractivity contribution in [3.05, 3.63) is 71.3 Å². The van der Waals surface area contributed by atoms with E-state index < -0.39 is 30.0 Å². The molecule has 0 saturated carbocycles. The van der Waals surface area contributed by atoms with Gasteiger partial charge < -0.3 is 25.6 Å². The van der Waals surface area contributed by atoms with Gasteiger partial charge in [-0.05, 0) is 23.3 Å². The smallest absolute Gasteiger partial charge is 0.337 e. The Hall–Kier alpha value is -3.23. The van der Waals surface area contributed by atoms with Crippen LogP contribution < -0.4 is 10.6 Å². The van der Waals surface area contributed by atoms with E-state index in [1.54, 1.807) is 36.4 Å². The first kappa shape index (κ1) is 21.1. The first-order valence-electron chi connectivity index (χ1n) is 8.55. The molecule has 148 valence electrons. The summed E-state index contributed by atoms with van der Waals surface area (Å²) in [5.41, 5.74) is 1.84. The Labute approximate surface area is 162 Å².